The molecule has 0 aliphatic carbocycles. The number of hydrogen-bond donors (Lipinski definition) is 1. The minimum absolute atomic E-state index is 0.171. The maximum atomic E-state index is 10.5. The number of aromatic nitrogens is 2. The van der Waals surface area contributed by atoms with E-state index in [0.29, 0.717) is 5.52 Å². The van der Waals surface area contributed by atoms with E-state index in [1.165, 1.54) is 0 Å². The normalized spacial score (nSPS) is 12.2. The number of anilines is 6. The molecule has 5 heteroatoms. The Labute approximate surface area is 249 Å². The monoisotopic (exact) mass is 554 g/mol. The molecule has 1 N–H and O–H groups in total. The molecule has 0 amide bonds. The molecular formula is C38H26N4O. The molecule has 43 heavy (non-hydrogen) atoms. The molecule has 2 aromatic heterocycles. The smallest absolute Gasteiger partial charge is 0.141 e. The molecule has 0 bridgehead atoms. The van der Waals surface area contributed by atoms with Gasteiger partial charge < -0.3 is 10.0 Å². The van der Waals surface area contributed by atoms with Crippen molar-refractivity contribution in [2.24, 2.45) is 0 Å². The van der Waals surface area contributed by atoms with Crippen LogP contribution in [0.4, 0.5) is 34.3 Å². The number of aromatic hydroxyl groups is 1. The third-order valence-electron chi connectivity index (χ3n) is 7.91. The summed E-state index contributed by atoms with van der Waals surface area (Å²) >= 11 is 0. The molecule has 5 aromatic carbocycles. The van der Waals surface area contributed by atoms with Gasteiger partial charge in [0.1, 0.15) is 17.1 Å². The molecule has 0 atom stereocenters. The van der Waals surface area contributed by atoms with Crippen molar-refractivity contribution >= 4 is 45.2 Å². The number of nitrogens with zero attached hydrogens (tertiary/aromatic N) is 4. The quantitative estimate of drug-likeness (QED) is 0.235. The van der Waals surface area contributed by atoms with Gasteiger partial charge in [0.2, 0.25) is 0 Å². The highest BCUT2D eigenvalue weighted by Gasteiger charge is 2.31. The number of phenolic OH excluding ortho intramolecular Hbond substituents is 1. The zero-order valence-electron chi connectivity index (χ0n) is 23.2. The van der Waals surface area contributed by atoms with Crippen LogP contribution in [0.1, 0.15) is 0 Å². The van der Waals surface area contributed by atoms with Crippen molar-refractivity contribution in [2.75, 3.05) is 9.80 Å². The van der Waals surface area contributed by atoms with Crippen molar-refractivity contribution in [2.45, 2.75) is 0 Å². The number of para-hydroxylation sites is 4. The summed E-state index contributed by atoms with van der Waals surface area (Å²) in [5.74, 6) is 0.995. The van der Waals surface area contributed by atoms with E-state index in [-0.39, 0.29) is 5.75 Å². The van der Waals surface area contributed by atoms with Crippen LogP contribution in [0.3, 0.4) is 0 Å². The largest absolute Gasteiger partial charge is 0.506 e. The number of pyridine rings is 2. The lowest BCUT2D eigenvalue weighted by molar-refractivity contribution is 0.480. The summed E-state index contributed by atoms with van der Waals surface area (Å²) in [6, 6.07) is 49.3. The van der Waals surface area contributed by atoms with Gasteiger partial charge in [0.25, 0.3) is 0 Å². The van der Waals surface area contributed by atoms with E-state index < -0.39 is 0 Å². The van der Waals surface area contributed by atoms with Gasteiger partial charge >= 0.3 is 0 Å². The van der Waals surface area contributed by atoms with Gasteiger partial charge in [-0.3, -0.25) is 4.90 Å². The molecule has 0 spiro atoms. The van der Waals surface area contributed by atoms with E-state index in [0.717, 1.165) is 62.0 Å². The first-order valence-electron chi connectivity index (χ1n) is 14.2. The Morgan fingerprint density at radius 2 is 1.21 bits per heavy atom. The van der Waals surface area contributed by atoms with Crippen LogP contribution in [0.25, 0.3) is 33.3 Å². The van der Waals surface area contributed by atoms with E-state index >= 15 is 0 Å². The first kappa shape index (κ1) is 24.8. The molecule has 7 aromatic rings. The highest BCUT2D eigenvalue weighted by Crippen LogP contribution is 2.54. The van der Waals surface area contributed by atoms with Crippen LogP contribution in [0.2, 0.25) is 0 Å². The summed E-state index contributed by atoms with van der Waals surface area (Å²) in [5.41, 5.74) is 9.72. The lowest BCUT2D eigenvalue weighted by Crippen LogP contribution is -2.24. The highest BCUT2D eigenvalue weighted by molar-refractivity contribution is 6.02. The minimum atomic E-state index is 0.171. The first-order valence-corrected chi connectivity index (χ1v) is 14.2. The number of phenols is 1. The van der Waals surface area contributed by atoms with E-state index in [2.05, 4.69) is 107 Å². The average Bonchev–Trinajstić information content (AvgIpc) is 3.08. The summed E-state index contributed by atoms with van der Waals surface area (Å²) in [6.07, 6.45) is 1.88. The van der Waals surface area contributed by atoms with Gasteiger partial charge in [-0.2, -0.15) is 0 Å². The molecule has 1 aliphatic rings. The van der Waals surface area contributed by atoms with Crippen molar-refractivity contribution in [3.8, 4) is 28.1 Å². The fraction of sp³-hybridized carbons (Fsp3) is 0. The van der Waals surface area contributed by atoms with Crippen molar-refractivity contribution in [1.82, 2.24) is 9.97 Å². The Kier molecular flexibility index (Phi) is 5.86. The maximum absolute atomic E-state index is 10.5. The Morgan fingerprint density at radius 1 is 0.488 bits per heavy atom. The second-order valence-corrected chi connectivity index (χ2v) is 10.5. The lowest BCUT2D eigenvalue weighted by atomic mass is 10.0. The summed E-state index contributed by atoms with van der Waals surface area (Å²) in [5, 5.41) is 11.4. The standard InChI is InChI=1S/C38H26N4O/c43-36-17-9-12-27-18-20-31(40-38(27)36)29-19-21-34-35(24-29)42(37-25-28(22-23-39-37)26-10-3-1-4-11-26)33-16-8-7-15-32(33)41(34)30-13-5-2-6-14-30/h1-25,43H. The van der Waals surface area contributed by atoms with Crippen LogP contribution in [-0.2, 0) is 0 Å². The van der Waals surface area contributed by atoms with Gasteiger partial charge in [0.05, 0.1) is 28.4 Å². The van der Waals surface area contributed by atoms with Crippen molar-refractivity contribution < 1.29 is 5.11 Å². The second-order valence-electron chi connectivity index (χ2n) is 10.5. The number of benzene rings is 5. The molecule has 204 valence electrons. The van der Waals surface area contributed by atoms with Gasteiger partial charge in [-0.05, 0) is 71.8 Å². The second kappa shape index (κ2) is 10.2. The van der Waals surface area contributed by atoms with Crippen LogP contribution < -0.4 is 9.80 Å². The van der Waals surface area contributed by atoms with Crippen molar-refractivity contribution in [3.63, 3.8) is 0 Å². The van der Waals surface area contributed by atoms with Crippen LogP contribution in [0.15, 0.2) is 152 Å². The van der Waals surface area contributed by atoms with E-state index in [1.54, 1.807) is 6.07 Å². The van der Waals surface area contributed by atoms with Crippen LogP contribution in [0.5, 0.6) is 5.75 Å². The Morgan fingerprint density at radius 3 is 2.02 bits per heavy atom. The first-order chi connectivity index (χ1) is 21.2. The molecule has 0 saturated heterocycles. The van der Waals surface area contributed by atoms with E-state index in [4.69, 9.17) is 9.97 Å². The fourth-order valence-electron chi connectivity index (χ4n) is 5.90. The number of rotatable bonds is 4. The van der Waals surface area contributed by atoms with Crippen molar-refractivity contribution in [1.29, 1.82) is 0 Å². The third kappa shape index (κ3) is 4.26. The summed E-state index contributed by atoms with van der Waals surface area (Å²) in [7, 11) is 0. The molecule has 0 saturated carbocycles. The van der Waals surface area contributed by atoms with E-state index in [1.807, 2.05) is 48.7 Å². The molecule has 0 unspecified atom stereocenters. The fourth-order valence-corrected chi connectivity index (χ4v) is 5.90. The Hall–Kier alpha value is -5.94. The zero-order valence-corrected chi connectivity index (χ0v) is 23.2. The molecule has 0 fully saturated rings. The predicted octanol–water partition coefficient (Wildman–Crippen LogP) is 9.92. The molecular weight excluding hydrogens is 528 g/mol. The number of hydrogen-bond acceptors (Lipinski definition) is 5. The molecule has 1 aliphatic heterocycles. The number of fused-ring (bicyclic) bond motifs is 3. The van der Waals surface area contributed by atoms with Gasteiger partial charge in [-0.15, -0.1) is 0 Å². The average molecular weight is 555 g/mol. The summed E-state index contributed by atoms with van der Waals surface area (Å²) in [4.78, 5) is 14.3. The van der Waals surface area contributed by atoms with Gasteiger partial charge in [-0.1, -0.05) is 84.9 Å². The minimum Gasteiger partial charge on any atom is -0.506 e. The van der Waals surface area contributed by atoms with Crippen LogP contribution in [0, 0.1) is 0 Å². The highest BCUT2D eigenvalue weighted by atomic mass is 16.3. The third-order valence-corrected chi connectivity index (χ3v) is 7.91. The predicted molar refractivity (Wildman–Crippen MR) is 175 cm³/mol. The summed E-state index contributed by atoms with van der Waals surface area (Å²) in [6.45, 7) is 0. The van der Waals surface area contributed by atoms with Crippen LogP contribution >= 0.6 is 0 Å². The SMILES string of the molecule is Oc1cccc2ccc(-c3ccc4c(c3)N(c3cc(-c5ccccc5)ccn3)c3ccccc3N4c3ccccc3)nc12. The van der Waals surface area contributed by atoms with E-state index in [9.17, 15) is 5.11 Å². The lowest BCUT2D eigenvalue weighted by Gasteiger charge is -2.40. The molecule has 8 rings (SSSR count). The maximum Gasteiger partial charge on any atom is 0.141 e. The van der Waals surface area contributed by atoms with Crippen LogP contribution in [-0.4, -0.2) is 15.1 Å². The zero-order chi connectivity index (χ0) is 28.8. The van der Waals surface area contributed by atoms with Gasteiger partial charge in [-0.25, -0.2) is 9.97 Å². The molecule has 3 heterocycles. The summed E-state index contributed by atoms with van der Waals surface area (Å²) < 4.78 is 0. The Balaban J connectivity index is 1.36. The molecule has 0 radical (unpaired) electrons. The topological polar surface area (TPSA) is 52.5 Å². The Bertz CT molecular complexity index is 2110. The molecule has 5 nitrogen and oxygen atoms in total. The van der Waals surface area contributed by atoms with Gasteiger partial charge in [0, 0.05) is 22.8 Å². The van der Waals surface area contributed by atoms with Crippen molar-refractivity contribution in [3.05, 3.63) is 152 Å². The van der Waals surface area contributed by atoms with Gasteiger partial charge in [0.15, 0.2) is 0 Å².